The summed E-state index contributed by atoms with van der Waals surface area (Å²) in [7, 11) is 0. The summed E-state index contributed by atoms with van der Waals surface area (Å²) in [5.41, 5.74) is 4.29. The Balaban J connectivity index is 1.50. The number of hydrogen-bond donors (Lipinski definition) is 1. The highest BCUT2D eigenvalue weighted by molar-refractivity contribution is 7.98. The van der Waals surface area contributed by atoms with Crippen LogP contribution in [0.25, 0.3) is 0 Å². The van der Waals surface area contributed by atoms with E-state index in [9.17, 15) is 4.79 Å². The number of nitrogens with zero attached hydrogens (tertiary/aromatic N) is 1. The molecule has 0 saturated carbocycles. The van der Waals surface area contributed by atoms with E-state index >= 15 is 0 Å². The van der Waals surface area contributed by atoms with Gasteiger partial charge >= 0.3 is 0 Å². The molecule has 148 valence electrons. The van der Waals surface area contributed by atoms with E-state index in [4.69, 9.17) is 27.9 Å². The van der Waals surface area contributed by atoms with Crippen LogP contribution in [0.15, 0.2) is 82.8 Å². The Bertz CT molecular complexity index is 977. The van der Waals surface area contributed by atoms with Crippen LogP contribution in [0.1, 0.15) is 11.1 Å². The van der Waals surface area contributed by atoms with Gasteiger partial charge in [-0.25, -0.2) is 5.43 Å². The minimum absolute atomic E-state index is 0.124. The molecular formula is C22H18Cl2N2O2S. The second-order valence-electron chi connectivity index (χ2n) is 5.98. The molecule has 0 spiro atoms. The molecule has 0 radical (unpaired) electrons. The quantitative estimate of drug-likeness (QED) is 0.270. The minimum Gasteiger partial charge on any atom is -0.483 e. The Kier molecular flexibility index (Phi) is 7.99. The van der Waals surface area contributed by atoms with Crippen molar-refractivity contribution in [3.63, 3.8) is 0 Å². The molecule has 0 bridgehead atoms. The number of ether oxygens (including phenoxy) is 1. The Hall–Kier alpha value is -2.47. The number of carbonyl (C=O) groups is 1. The average Bonchev–Trinajstić information content (AvgIpc) is 2.74. The van der Waals surface area contributed by atoms with Gasteiger partial charge in [-0.2, -0.15) is 5.10 Å². The summed E-state index contributed by atoms with van der Waals surface area (Å²) >= 11 is 13.4. The predicted molar refractivity (Wildman–Crippen MR) is 120 cm³/mol. The maximum atomic E-state index is 12.0. The molecule has 3 aromatic carbocycles. The molecule has 0 aromatic heterocycles. The number of benzene rings is 3. The molecule has 29 heavy (non-hydrogen) atoms. The van der Waals surface area contributed by atoms with Crippen LogP contribution < -0.4 is 10.2 Å². The fourth-order valence-electron chi connectivity index (χ4n) is 2.36. The first-order valence-electron chi connectivity index (χ1n) is 8.77. The first kappa shape index (κ1) is 21.2. The molecule has 1 N–H and O–H groups in total. The molecule has 0 aliphatic carbocycles. The summed E-state index contributed by atoms with van der Waals surface area (Å²) in [6.07, 6.45) is 1.55. The van der Waals surface area contributed by atoms with E-state index in [2.05, 4.69) is 10.5 Å². The van der Waals surface area contributed by atoms with Crippen LogP contribution in [-0.4, -0.2) is 18.7 Å². The maximum Gasteiger partial charge on any atom is 0.277 e. The molecule has 0 aliphatic rings. The first-order valence-corrected chi connectivity index (χ1v) is 10.5. The van der Waals surface area contributed by atoms with Crippen LogP contribution in [0.4, 0.5) is 0 Å². The van der Waals surface area contributed by atoms with Gasteiger partial charge in [0.15, 0.2) is 6.61 Å². The van der Waals surface area contributed by atoms with Gasteiger partial charge in [-0.3, -0.25) is 4.79 Å². The van der Waals surface area contributed by atoms with Gasteiger partial charge in [0.2, 0.25) is 0 Å². The maximum absolute atomic E-state index is 12.0. The topological polar surface area (TPSA) is 50.7 Å². The molecule has 0 heterocycles. The molecule has 7 heteroatoms. The predicted octanol–water partition coefficient (Wildman–Crippen LogP) is 5.81. The van der Waals surface area contributed by atoms with E-state index in [1.165, 1.54) is 0 Å². The normalized spacial score (nSPS) is 10.8. The molecule has 3 aromatic rings. The number of hydrogen-bond acceptors (Lipinski definition) is 4. The van der Waals surface area contributed by atoms with E-state index < -0.39 is 0 Å². The molecule has 0 fully saturated rings. The zero-order valence-corrected chi connectivity index (χ0v) is 17.7. The summed E-state index contributed by atoms with van der Waals surface area (Å²) in [4.78, 5) is 13.1. The highest BCUT2D eigenvalue weighted by Crippen LogP contribution is 2.28. The van der Waals surface area contributed by atoms with Crippen LogP contribution in [0.5, 0.6) is 5.75 Å². The largest absolute Gasteiger partial charge is 0.483 e. The number of hydrazone groups is 1. The third-order valence-electron chi connectivity index (χ3n) is 3.81. The fourth-order valence-corrected chi connectivity index (χ4v) is 3.50. The standard InChI is InChI=1S/C22H18Cl2N2O2S/c23-18-7-5-16(6-8-18)13-25-26-22(27)14-28-21-4-2-1-3-17(21)15-29-20-11-9-19(24)10-12-20/h1-13H,14-15H2,(H,26,27)/b25-13-. The van der Waals surface area contributed by atoms with Crippen molar-refractivity contribution in [2.75, 3.05) is 6.61 Å². The van der Waals surface area contributed by atoms with Crippen molar-refractivity contribution in [2.24, 2.45) is 5.10 Å². The van der Waals surface area contributed by atoms with Gasteiger partial charge in [0, 0.05) is 26.3 Å². The van der Waals surface area contributed by atoms with E-state index in [-0.39, 0.29) is 12.5 Å². The summed E-state index contributed by atoms with van der Waals surface area (Å²) in [5.74, 6) is 1.05. The second-order valence-corrected chi connectivity index (χ2v) is 7.91. The lowest BCUT2D eigenvalue weighted by Crippen LogP contribution is -2.24. The molecule has 4 nitrogen and oxygen atoms in total. The highest BCUT2D eigenvalue weighted by atomic mass is 35.5. The van der Waals surface area contributed by atoms with Crippen molar-refractivity contribution in [1.29, 1.82) is 0 Å². The van der Waals surface area contributed by atoms with E-state index in [0.717, 1.165) is 16.0 Å². The smallest absolute Gasteiger partial charge is 0.277 e. The molecule has 0 aliphatic heterocycles. The summed E-state index contributed by atoms with van der Waals surface area (Å²) < 4.78 is 5.69. The molecule has 1 amide bonds. The van der Waals surface area contributed by atoms with Crippen molar-refractivity contribution in [2.45, 2.75) is 10.6 Å². The van der Waals surface area contributed by atoms with Crippen LogP contribution in [0.3, 0.4) is 0 Å². The number of para-hydroxylation sites is 1. The lowest BCUT2D eigenvalue weighted by molar-refractivity contribution is -0.123. The number of carbonyl (C=O) groups excluding carboxylic acids is 1. The van der Waals surface area contributed by atoms with Crippen LogP contribution >= 0.6 is 35.0 Å². The monoisotopic (exact) mass is 444 g/mol. The lowest BCUT2D eigenvalue weighted by atomic mass is 10.2. The summed E-state index contributed by atoms with van der Waals surface area (Å²) in [6.45, 7) is -0.124. The van der Waals surface area contributed by atoms with Crippen molar-refractivity contribution in [3.8, 4) is 5.75 Å². The van der Waals surface area contributed by atoms with E-state index in [1.54, 1.807) is 30.1 Å². The average molecular weight is 445 g/mol. The van der Waals surface area contributed by atoms with Gasteiger partial charge in [0.05, 0.1) is 6.21 Å². The Morgan fingerprint density at radius 1 is 0.966 bits per heavy atom. The Morgan fingerprint density at radius 2 is 1.62 bits per heavy atom. The van der Waals surface area contributed by atoms with E-state index in [1.807, 2.05) is 60.7 Å². The second kappa shape index (κ2) is 10.9. The van der Waals surface area contributed by atoms with Gasteiger partial charge in [0.25, 0.3) is 5.91 Å². The van der Waals surface area contributed by atoms with Gasteiger partial charge in [-0.05, 0) is 48.0 Å². The third kappa shape index (κ3) is 7.13. The fraction of sp³-hybridized carbons (Fsp3) is 0.0909. The first-order chi connectivity index (χ1) is 14.1. The molecule has 0 unspecified atom stereocenters. The Labute approximate surface area is 183 Å². The number of amides is 1. The van der Waals surface area contributed by atoms with E-state index in [0.29, 0.717) is 21.5 Å². The van der Waals surface area contributed by atoms with Crippen molar-refractivity contribution in [3.05, 3.63) is 94.0 Å². The van der Waals surface area contributed by atoms with Crippen molar-refractivity contribution in [1.82, 2.24) is 5.43 Å². The van der Waals surface area contributed by atoms with Crippen molar-refractivity contribution < 1.29 is 9.53 Å². The highest BCUT2D eigenvalue weighted by Gasteiger charge is 2.07. The molecule has 0 saturated heterocycles. The SMILES string of the molecule is O=C(COc1ccccc1CSc1ccc(Cl)cc1)N/N=C\c1ccc(Cl)cc1. The molecular weight excluding hydrogens is 427 g/mol. The van der Waals surface area contributed by atoms with Crippen LogP contribution in [0.2, 0.25) is 10.0 Å². The summed E-state index contributed by atoms with van der Waals surface area (Å²) in [6, 6.07) is 22.5. The third-order valence-corrected chi connectivity index (χ3v) is 5.38. The van der Waals surface area contributed by atoms with Gasteiger partial charge in [-0.1, -0.05) is 53.5 Å². The zero-order chi connectivity index (χ0) is 20.5. The summed E-state index contributed by atoms with van der Waals surface area (Å²) in [5, 5.41) is 5.28. The number of rotatable bonds is 8. The van der Waals surface area contributed by atoms with Crippen LogP contribution in [-0.2, 0) is 10.5 Å². The van der Waals surface area contributed by atoms with Gasteiger partial charge in [-0.15, -0.1) is 11.8 Å². The molecule has 3 rings (SSSR count). The minimum atomic E-state index is -0.338. The zero-order valence-electron chi connectivity index (χ0n) is 15.3. The van der Waals surface area contributed by atoms with Gasteiger partial charge < -0.3 is 4.74 Å². The number of nitrogens with one attached hydrogen (secondary N) is 1. The molecule has 0 atom stereocenters. The van der Waals surface area contributed by atoms with Crippen molar-refractivity contribution >= 4 is 47.1 Å². The van der Waals surface area contributed by atoms with Crippen LogP contribution in [0, 0.1) is 0 Å². The van der Waals surface area contributed by atoms with Gasteiger partial charge in [0.1, 0.15) is 5.75 Å². The number of thioether (sulfide) groups is 1. The lowest BCUT2D eigenvalue weighted by Gasteiger charge is -2.10. The Morgan fingerprint density at radius 3 is 2.34 bits per heavy atom. The number of halogens is 2.